The highest BCUT2D eigenvalue weighted by Crippen LogP contribution is 2.29. The van der Waals surface area contributed by atoms with Crippen LogP contribution in [0.2, 0.25) is 0 Å². The summed E-state index contributed by atoms with van der Waals surface area (Å²) in [4.78, 5) is 0. The number of rotatable bonds is 0. The first-order valence-corrected chi connectivity index (χ1v) is 3.41. The zero-order valence-electron chi connectivity index (χ0n) is 4.98. The molecule has 8 heavy (non-hydrogen) atoms. The topological polar surface area (TPSA) is 24.1 Å². The summed E-state index contributed by atoms with van der Waals surface area (Å²) in [5.74, 6) is 0.970. The first kappa shape index (κ1) is 4.77. The molecule has 0 spiro atoms. The zero-order chi connectivity index (χ0) is 5.40. The Morgan fingerprint density at radius 3 is 3.25 bits per heavy atom. The third-order valence-corrected chi connectivity index (χ3v) is 2.04. The summed E-state index contributed by atoms with van der Waals surface area (Å²) < 4.78 is 0. The molecule has 0 aromatic heterocycles. The molecule has 0 aromatic rings. The fraction of sp³-hybridized carbons (Fsp3) is 1.00. The average molecular weight is 112 g/mol. The summed E-state index contributed by atoms with van der Waals surface area (Å²) in [6.07, 6.45) is 1.41. The standard InChI is InChI=1S/C6H12N2/c1-2-8-6-3-5(6)4-7-1/h5-8H,1-4H2. The van der Waals surface area contributed by atoms with Gasteiger partial charge in [0.15, 0.2) is 0 Å². The first-order valence-electron chi connectivity index (χ1n) is 3.41. The summed E-state index contributed by atoms with van der Waals surface area (Å²) in [7, 11) is 0. The van der Waals surface area contributed by atoms with Gasteiger partial charge in [-0.05, 0) is 18.9 Å². The fourth-order valence-electron chi connectivity index (χ4n) is 1.36. The third-order valence-electron chi connectivity index (χ3n) is 2.04. The predicted octanol–water partition coefficient (Wildman–Crippen LogP) is -0.432. The summed E-state index contributed by atoms with van der Waals surface area (Å²) in [6, 6.07) is 0.880. The van der Waals surface area contributed by atoms with E-state index in [0.717, 1.165) is 18.5 Å². The molecule has 1 aliphatic carbocycles. The van der Waals surface area contributed by atoms with Gasteiger partial charge in [0.1, 0.15) is 0 Å². The number of hydrogen-bond acceptors (Lipinski definition) is 2. The molecule has 0 amide bonds. The van der Waals surface area contributed by atoms with Crippen LogP contribution in [0.4, 0.5) is 0 Å². The Morgan fingerprint density at radius 2 is 2.25 bits per heavy atom. The molecular weight excluding hydrogens is 100 g/mol. The number of hydrogen-bond donors (Lipinski definition) is 2. The van der Waals surface area contributed by atoms with E-state index in [1.807, 2.05) is 0 Å². The van der Waals surface area contributed by atoms with Crippen LogP contribution in [0.3, 0.4) is 0 Å². The monoisotopic (exact) mass is 112 g/mol. The van der Waals surface area contributed by atoms with Crippen molar-refractivity contribution in [1.29, 1.82) is 0 Å². The van der Waals surface area contributed by atoms with Crippen molar-refractivity contribution >= 4 is 0 Å². The maximum absolute atomic E-state index is 3.46. The predicted molar refractivity (Wildman–Crippen MR) is 32.8 cm³/mol. The molecule has 1 saturated heterocycles. The van der Waals surface area contributed by atoms with Gasteiger partial charge in [-0.25, -0.2) is 0 Å². The maximum Gasteiger partial charge on any atom is 0.0112 e. The smallest absolute Gasteiger partial charge is 0.0112 e. The van der Waals surface area contributed by atoms with Crippen molar-refractivity contribution in [2.75, 3.05) is 19.6 Å². The van der Waals surface area contributed by atoms with Gasteiger partial charge in [-0.2, -0.15) is 0 Å². The molecule has 2 fully saturated rings. The van der Waals surface area contributed by atoms with Crippen LogP contribution in [0.25, 0.3) is 0 Å². The van der Waals surface area contributed by atoms with Gasteiger partial charge < -0.3 is 10.6 Å². The minimum atomic E-state index is 0.880. The summed E-state index contributed by atoms with van der Waals surface area (Å²) >= 11 is 0. The molecule has 0 aromatic carbocycles. The van der Waals surface area contributed by atoms with Crippen molar-refractivity contribution in [2.45, 2.75) is 12.5 Å². The van der Waals surface area contributed by atoms with Crippen molar-refractivity contribution in [3.8, 4) is 0 Å². The lowest BCUT2D eigenvalue weighted by Crippen LogP contribution is -2.24. The molecule has 2 heteroatoms. The van der Waals surface area contributed by atoms with Crippen molar-refractivity contribution in [3.05, 3.63) is 0 Å². The fourth-order valence-corrected chi connectivity index (χ4v) is 1.36. The Labute approximate surface area is 49.7 Å². The molecule has 1 saturated carbocycles. The lowest BCUT2D eigenvalue weighted by Gasteiger charge is -1.96. The Morgan fingerprint density at radius 1 is 1.25 bits per heavy atom. The number of fused-ring (bicyclic) bond motifs is 1. The molecule has 0 radical (unpaired) electrons. The van der Waals surface area contributed by atoms with Crippen LogP contribution >= 0.6 is 0 Å². The van der Waals surface area contributed by atoms with Gasteiger partial charge in [-0.15, -0.1) is 0 Å². The van der Waals surface area contributed by atoms with Crippen LogP contribution in [0.1, 0.15) is 6.42 Å². The zero-order valence-corrected chi connectivity index (χ0v) is 4.98. The molecule has 2 N–H and O–H groups in total. The Kier molecular flexibility index (Phi) is 1.02. The van der Waals surface area contributed by atoms with E-state index in [1.54, 1.807) is 0 Å². The molecule has 1 heterocycles. The van der Waals surface area contributed by atoms with E-state index in [4.69, 9.17) is 0 Å². The highest BCUT2D eigenvalue weighted by atomic mass is 15.1. The van der Waals surface area contributed by atoms with E-state index >= 15 is 0 Å². The van der Waals surface area contributed by atoms with Crippen LogP contribution < -0.4 is 10.6 Å². The number of nitrogens with one attached hydrogen (secondary N) is 2. The minimum Gasteiger partial charge on any atom is -0.315 e. The first-order chi connectivity index (χ1) is 3.97. The summed E-state index contributed by atoms with van der Waals surface area (Å²) in [5, 5.41) is 6.83. The van der Waals surface area contributed by atoms with Gasteiger partial charge in [0.05, 0.1) is 0 Å². The van der Waals surface area contributed by atoms with Gasteiger partial charge in [0, 0.05) is 19.1 Å². The Bertz CT molecular complexity index is 82.5. The molecule has 46 valence electrons. The van der Waals surface area contributed by atoms with Crippen molar-refractivity contribution in [2.24, 2.45) is 5.92 Å². The second kappa shape index (κ2) is 1.71. The van der Waals surface area contributed by atoms with E-state index < -0.39 is 0 Å². The molecule has 1 aliphatic heterocycles. The van der Waals surface area contributed by atoms with E-state index in [2.05, 4.69) is 10.6 Å². The average Bonchev–Trinajstić information content (AvgIpc) is 2.36. The van der Waals surface area contributed by atoms with E-state index in [9.17, 15) is 0 Å². The lowest BCUT2D eigenvalue weighted by molar-refractivity contribution is 0.662. The Hall–Kier alpha value is -0.0800. The normalized spacial score (nSPS) is 45.0. The third kappa shape index (κ3) is 0.740. The highest BCUT2D eigenvalue weighted by molar-refractivity contribution is 4.95. The van der Waals surface area contributed by atoms with Gasteiger partial charge in [-0.1, -0.05) is 0 Å². The maximum atomic E-state index is 3.46. The molecule has 2 atom stereocenters. The molecule has 2 rings (SSSR count). The van der Waals surface area contributed by atoms with Crippen molar-refractivity contribution in [3.63, 3.8) is 0 Å². The summed E-state index contributed by atoms with van der Waals surface area (Å²) in [5.41, 5.74) is 0. The molecule has 0 bridgehead atoms. The van der Waals surface area contributed by atoms with Crippen LogP contribution in [0.15, 0.2) is 0 Å². The highest BCUT2D eigenvalue weighted by Gasteiger charge is 2.36. The van der Waals surface area contributed by atoms with Gasteiger partial charge in [0.2, 0.25) is 0 Å². The van der Waals surface area contributed by atoms with Gasteiger partial charge in [0.25, 0.3) is 0 Å². The molecule has 2 nitrogen and oxygen atoms in total. The van der Waals surface area contributed by atoms with Crippen LogP contribution in [0.5, 0.6) is 0 Å². The SMILES string of the molecule is C1CNC2CC2CN1. The van der Waals surface area contributed by atoms with Crippen LogP contribution in [0, 0.1) is 5.92 Å². The summed E-state index contributed by atoms with van der Waals surface area (Å²) in [6.45, 7) is 3.58. The molecule has 2 aliphatic rings. The minimum absolute atomic E-state index is 0.880. The van der Waals surface area contributed by atoms with E-state index in [-0.39, 0.29) is 0 Å². The van der Waals surface area contributed by atoms with Crippen LogP contribution in [-0.4, -0.2) is 25.7 Å². The Balaban J connectivity index is 1.89. The van der Waals surface area contributed by atoms with Crippen molar-refractivity contribution < 1.29 is 0 Å². The van der Waals surface area contributed by atoms with Gasteiger partial charge in [-0.3, -0.25) is 0 Å². The largest absolute Gasteiger partial charge is 0.315 e. The second-order valence-corrected chi connectivity index (χ2v) is 2.76. The molecular formula is C6H12N2. The quantitative estimate of drug-likeness (QED) is 0.444. The second-order valence-electron chi connectivity index (χ2n) is 2.76. The van der Waals surface area contributed by atoms with Crippen molar-refractivity contribution in [1.82, 2.24) is 10.6 Å². The van der Waals surface area contributed by atoms with Gasteiger partial charge >= 0.3 is 0 Å². The van der Waals surface area contributed by atoms with Crippen LogP contribution in [-0.2, 0) is 0 Å². The molecule has 2 unspecified atom stereocenters. The van der Waals surface area contributed by atoms with E-state index in [0.29, 0.717) is 0 Å². The van der Waals surface area contributed by atoms with E-state index in [1.165, 1.54) is 19.5 Å². The lowest BCUT2D eigenvalue weighted by atomic mass is 10.4.